The number of aliphatic hydroxyl groups is 1. The first-order chi connectivity index (χ1) is 11.7. The summed E-state index contributed by atoms with van der Waals surface area (Å²) in [5.41, 5.74) is 0.469. The number of likely N-dealkylation sites (tertiary alicyclic amines) is 1. The van der Waals surface area contributed by atoms with Crippen LogP contribution in [0.5, 0.6) is 0 Å². The molecular weight excluding hydrogens is 320 g/mol. The van der Waals surface area contributed by atoms with E-state index in [4.69, 9.17) is 0 Å². The Morgan fingerprint density at radius 1 is 1.17 bits per heavy atom. The predicted molar refractivity (Wildman–Crippen MR) is 95.1 cm³/mol. The number of nitrogens with zero attached hydrogens (tertiary/aromatic N) is 2. The van der Waals surface area contributed by atoms with Crippen LogP contribution in [0, 0.1) is 0 Å². The van der Waals surface area contributed by atoms with Gasteiger partial charge >= 0.3 is 0 Å². The van der Waals surface area contributed by atoms with Crippen molar-refractivity contribution in [1.82, 2.24) is 9.88 Å². The highest BCUT2D eigenvalue weighted by Crippen LogP contribution is 2.32. The highest BCUT2D eigenvalue weighted by atomic mass is 32.1. The molecule has 5 heteroatoms. The lowest BCUT2D eigenvalue weighted by Gasteiger charge is -2.37. The number of fused-ring (bicyclic) bond motifs is 1. The summed E-state index contributed by atoms with van der Waals surface area (Å²) in [6.45, 7) is 1.07. The molecule has 0 radical (unpaired) electrons. The van der Waals surface area contributed by atoms with Gasteiger partial charge in [-0.25, -0.2) is 0 Å². The summed E-state index contributed by atoms with van der Waals surface area (Å²) in [5, 5.41) is 14.0. The molecule has 2 aromatic heterocycles. The number of carbonyl (C=O) groups excluding carboxylic acids is 1. The van der Waals surface area contributed by atoms with E-state index in [-0.39, 0.29) is 5.91 Å². The minimum Gasteiger partial charge on any atom is -0.383 e. The first-order valence-electron chi connectivity index (χ1n) is 8.06. The lowest BCUT2D eigenvalue weighted by Crippen LogP contribution is -2.45. The van der Waals surface area contributed by atoms with Crippen molar-refractivity contribution in [1.29, 1.82) is 0 Å². The van der Waals surface area contributed by atoms with Crippen LogP contribution in [0.4, 0.5) is 0 Å². The molecule has 0 unspecified atom stereocenters. The third-order valence-corrected chi connectivity index (χ3v) is 5.62. The van der Waals surface area contributed by atoms with Crippen LogP contribution in [-0.2, 0) is 5.60 Å². The maximum atomic E-state index is 12.7. The maximum absolute atomic E-state index is 12.7. The number of thiophene rings is 1. The molecular formula is C19H18N2O2S. The van der Waals surface area contributed by atoms with Gasteiger partial charge in [-0.3, -0.25) is 9.78 Å². The number of pyridine rings is 1. The van der Waals surface area contributed by atoms with E-state index in [0.717, 1.165) is 5.39 Å². The second kappa shape index (κ2) is 6.00. The number of amides is 1. The average molecular weight is 338 g/mol. The Kier molecular flexibility index (Phi) is 3.82. The second-order valence-electron chi connectivity index (χ2n) is 6.21. The van der Waals surface area contributed by atoms with Crippen LogP contribution in [-0.4, -0.2) is 34.0 Å². The van der Waals surface area contributed by atoms with Crippen LogP contribution in [0.15, 0.2) is 54.0 Å². The van der Waals surface area contributed by atoms with E-state index in [1.807, 2.05) is 52.7 Å². The van der Waals surface area contributed by atoms with E-state index in [2.05, 4.69) is 4.98 Å². The molecule has 1 aromatic carbocycles. The molecule has 1 N–H and O–H groups in total. The lowest BCUT2D eigenvalue weighted by molar-refractivity contribution is -0.0244. The van der Waals surface area contributed by atoms with Crippen molar-refractivity contribution in [3.63, 3.8) is 0 Å². The number of rotatable bonds is 2. The molecule has 122 valence electrons. The third kappa shape index (κ3) is 2.70. The fraction of sp³-hybridized carbons (Fsp3) is 0.263. The Balaban J connectivity index is 1.50. The average Bonchev–Trinajstić information content (AvgIpc) is 3.10. The Hall–Kier alpha value is -2.24. The zero-order valence-corrected chi connectivity index (χ0v) is 14.0. The standard InChI is InChI=1S/C19H18N2O2S/c22-18(15-4-5-16-14(13-15)6-12-24-16)21-10-7-19(23,8-11-21)17-3-1-2-9-20-17/h1-6,9,12-13,23H,7-8,10-11H2. The summed E-state index contributed by atoms with van der Waals surface area (Å²) >= 11 is 1.68. The van der Waals surface area contributed by atoms with Gasteiger partial charge in [-0.15, -0.1) is 11.3 Å². The van der Waals surface area contributed by atoms with E-state index < -0.39 is 5.60 Å². The monoisotopic (exact) mass is 338 g/mol. The van der Waals surface area contributed by atoms with Crippen molar-refractivity contribution in [2.75, 3.05) is 13.1 Å². The second-order valence-corrected chi connectivity index (χ2v) is 7.16. The largest absolute Gasteiger partial charge is 0.383 e. The summed E-state index contributed by atoms with van der Waals surface area (Å²) in [7, 11) is 0. The molecule has 1 saturated heterocycles. The fourth-order valence-electron chi connectivity index (χ4n) is 3.26. The first kappa shape index (κ1) is 15.3. The minimum absolute atomic E-state index is 0.0335. The molecule has 0 saturated carbocycles. The number of aromatic nitrogens is 1. The van der Waals surface area contributed by atoms with Crippen molar-refractivity contribution >= 4 is 27.3 Å². The number of benzene rings is 1. The van der Waals surface area contributed by atoms with Gasteiger partial charge in [0.05, 0.1) is 5.69 Å². The van der Waals surface area contributed by atoms with Crippen molar-refractivity contribution in [3.05, 3.63) is 65.3 Å². The molecule has 1 aliphatic rings. The summed E-state index contributed by atoms with van der Waals surface area (Å²) in [6, 6.07) is 13.4. The molecule has 3 aromatic rings. The van der Waals surface area contributed by atoms with Crippen LogP contribution in [0.2, 0.25) is 0 Å². The highest BCUT2D eigenvalue weighted by molar-refractivity contribution is 7.17. The van der Waals surface area contributed by atoms with Gasteiger partial charge in [-0.05, 0) is 60.0 Å². The van der Waals surface area contributed by atoms with Gasteiger partial charge in [-0.2, -0.15) is 0 Å². The molecule has 1 aliphatic heterocycles. The Labute approximate surface area is 144 Å². The first-order valence-corrected chi connectivity index (χ1v) is 8.94. The molecule has 1 fully saturated rings. The highest BCUT2D eigenvalue weighted by Gasteiger charge is 2.36. The summed E-state index contributed by atoms with van der Waals surface area (Å²) in [4.78, 5) is 18.8. The van der Waals surface area contributed by atoms with Crippen molar-refractivity contribution in [3.8, 4) is 0 Å². The quantitative estimate of drug-likeness (QED) is 0.779. The predicted octanol–water partition coefficient (Wildman–Crippen LogP) is 3.42. The van der Waals surface area contributed by atoms with Crippen LogP contribution in [0.1, 0.15) is 28.9 Å². The van der Waals surface area contributed by atoms with Gasteiger partial charge in [0.2, 0.25) is 0 Å². The Morgan fingerprint density at radius 3 is 2.75 bits per heavy atom. The maximum Gasteiger partial charge on any atom is 0.253 e. The summed E-state index contributed by atoms with van der Waals surface area (Å²) in [6.07, 6.45) is 2.72. The Bertz CT molecular complexity index is 867. The van der Waals surface area contributed by atoms with Crippen molar-refractivity contribution < 1.29 is 9.90 Å². The number of piperidine rings is 1. The normalized spacial score (nSPS) is 17.1. The van der Waals surface area contributed by atoms with Gasteiger partial charge < -0.3 is 10.0 Å². The van der Waals surface area contributed by atoms with E-state index in [1.54, 1.807) is 17.5 Å². The van der Waals surface area contributed by atoms with Gasteiger partial charge in [0.25, 0.3) is 5.91 Å². The van der Waals surface area contributed by atoms with Gasteiger partial charge in [0, 0.05) is 29.5 Å². The minimum atomic E-state index is -0.935. The molecule has 4 rings (SSSR count). The molecule has 0 atom stereocenters. The SMILES string of the molecule is O=C(c1ccc2sccc2c1)N1CCC(O)(c2ccccn2)CC1. The van der Waals surface area contributed by atoms with Crippen LogP contribution in [0.3, 0.4) is 0 Å². The summed E-state index contributed by atoms with van der Waals surface area (Å²) < 4.78 is 1.19. The molecule has 0 spiro atoms. The molecule has 4 nitrogen and oxygen atoms in total. The molecule has 24 heavy (non-hydrogen) atoms. The van der Waals surface area contributed by atoms with Gasteiger partial charge in [0.15, 0.2) is 0 Å². The zero-order valence-electron chi connectivity index (χ0n) is 13.2. The van der Waals surface area contributed by atoms with Crippen LogP contribution < -0.4 is 0 Å². The third-order valence-electron chi connectivity index (χ3n) is 4.72. The summed E-state index contributed by atoms with van der Waals surface area (Å²) in [5.74, 6) is 0.0335. The number of carbonyl (C=O) groups is 1. The number of hydrogen-bond acceptors (Lipinski definition) is 4. The van der Waals surface area contributed by atoms with E-state index in [1.165, 1.54) is 4.70 Å². The molecule has 0 bridgehead atoms. The van der Waals surface area contributed by atoms with Gasteiger partial charge in [-0.1, -0.05) is 6.07 Å². The van der Waals surface area contributed by atoms with Crippen molar-refractivity contribution in [2.45, 2.75) is 18.4 Å². The molecule has 0 aliphatic carbocycles. The lowest BCUT2D eigenvalue weighted by atomic mass is 9.87. The van der Waals surface area contributed by atoms with Gasteiger partial charge in [0.1, 0.15) is 5.60 Å². The topological polar surface area (TPSA) is 53.4 Å². The molecule has 1 amide bonds. The van der Waals surface area contributed by atoms with E-state index >= 15 is 0 Å². The molecule has 3 heterocycles. The smallest absolute Gasteiger partial charge is 0.253 e. The van der Waals surface area contributed by atoms with E-state index in [9.17, 15) is 9.90 Å². The number of hydrogen-bond donors (Lipinski definition) is 1. The fourth-order valence-corrected chi connectivity index (χ4v) is 4.03. The zero-order chi connectivity index (χ0) is 16.6. The van der Waals surface area contributed by atoms with Crippen LogP contribution in [0.25, 0.3) is 10.1 Å². The van der Waals surface area contributed by atoms with E-state index in [0.29, 0.717) is 37.2 Å². The van der Waals surface area contributed by atoms with Crippen molar-refractivity contribution in [2.24, 2.45) is 0 Å². The van der Waals surface area contributed by atoms with Crippen LogP contribution >= 0.6 is 11.3 Å². The Morgan fingerprint density at radius 2 is 2.00 bits per heavy atom.